The Kier molecular flexibility index (Phi) is 5.90. The number of hydrogen-bond acceptors (Lipinski definition) is 3. The van der Waals surface area contributed by atoms with E-state index in [1.807, 2.05) is 18.2 Å². The molecule has 0 bridgehead atoms. The van der Waals surface area contributed by atoms with Crippen molar-refractivity contribution < 1.29 is 4.74 Å². The normalized spacial score (nSPS) is 10.8. The van der Waals surface area contributed by atoms with Crippen LogP contribution in [-0.4, -0.2) is 19.8 Å². The minimum absolute atomic E-state index is 0.594. The van der Waals surface area contributed by atoms with Crippen LogP contribution in [0.2, 0.25) is 0 Å². The third-order valence-corrected chi connectivity index (χ3v) is 2.90. The summed E-state index contributed by atoms with van der Waals surface area (Å²) in [5.41, 5.74) is 7.59. The quantitative estimate of drug-likeness (QED) is 0.478. The maximum atomic E-state index is 5.68. The van der Waals surface area contributed by atoms with Crippen molar-refractivity contribution in [2.75, 3.05) is 30.8 Å². The van der Waals surface area contributed by atoms with Gasteiger partial charge in [-0.3, -0.25) is 0 Å². The SMILES string of the molecule is CC(C)COCCNc1ccc(N)cc1I. The van der Waals surface area contributed by atoms with Gasteiger partial charge in [-0.05, 0) is 46.7 Å². The zero-order valence-corrected chi connectivity index (χ0v) is 12.0. The van der Waals surface area contributed by atoms with Gasteiger partial charge in [0.1, 0.15) is 0 Å². The van der Waals surface area contributed by atoms with Crippen LogP contribution in [0.4, 0.5) is 11.4 Å². The van der Waals surface area contributed by atoms with Crippen LogP contribution in [0.1, 0.15) is 13.8 Å². The van der Waals surface area contributed by atoms with E-state index in [1.54, 1.807) is 0 Å². The number of rotatable bonds is 6. The molecule has 16 heavy (non-hydrogen) atoms. The van der Waals surface area contributed by atoms with Crippen molar-refractivity contribution in [2.24, 2.45) is 5.92 Å². The van der Waals surface area contributed by atoms with Crippen molar-refractivity contribution in [3.63, 3.8) is 0 Å². The van der Waals surface area contributed by atoms with Crippen molar-refractivity contribution in [1.29, 1.82) is 0 Å². The summed E-state index contributed by atoms with van der Waals surface area (Å²) in [6.45, 7) is 6.68. The number of nitrogens with one attached hydrogen (secondary N) is 1. The van der Waals surface area contributed by atoms with E-state index in [9.17, 15) is 0 Å². The van der Waals surface area contributed by atoms with Crippen LogP contribution >= 0.6 is 22.6 Å². The molecule has 0 saturated heterocycles. The minimum Gasteiger partial charge on any atom is -0.399 e. The summed E-state index contributed by atoms with van der Waals surface area (Å²) >= 11 is 2.27. The van der Waals surface area contributed by atoms with Crippen LogP contribution in [0, 0.1) is 9.49 Å². The lowest BCUT2D eigenvalue weighted by molar-refractivity contribution is 0.118. The molecule has 0 radical (unpaired) electrons. The van der Waals surface area contributed by atoms with Crippen LogP contribution < -0.4 is 11.1 Å². The van der Waals surface area contributed by atoms with Gasteiger partial charge in [0.25, 0.3) is 0 Å². The number of nitrogens with two attached hydrogens (primary N) is 1. The summed E-state index contributed by atoms with van der Waals surface area (Å²) < 4.78 is 6.63. The monoisotopic (exact) mass is 334 g/mol. The van der Waals surface area contributed by atoms with Gasteiger partial charge in [0.15, 0.2) is 0 Å². The van der Waals surface area contributed by atoms with E-state index in [4.69, 9.17) is 10.5 Å². The fraction of sp³-hybridized carbons (Fsp3) is 0.500. The molecule has 4 heteroatoms. The van der Waals surface area contributed by atoms with Crippen molar-refractivity contribution in [1.82, 2.24) is 0 Å². The molecular formula is C12H19IN2O. The molecule has 90 valence electrons. The van der Waals surface area contributed by atoms with Crippen LogP contribution in [0.5, 0.6) is 0 Å². The fourth-order valence-electron chi connectivity index (χ4n) is 1.25. The zero-order chi connectivity index (χ0) is 12.0. The van der Waals surface area contributed by atoms with Gasteiger partial charge in [0, 0.05) is 28.1 Å². The van der Waals surface area contributed by atoms with Gasteiger partial charge >= 0.3 is 0 Å². The molecule has 0 fully saturated rings. The van der Waals surface area contributed by atoms with Gasteiger partial charge in [-0.1, -0.05) is 13.8 Å². The number of nitrogen functional groups attached to an aromatic ring is 1. The minimum atomic E-state index is 0.594. The van der Waals surface area contributed by atoms with Gasteiger partial charge < -0.3 is 15.8 Å². The largest absolute Gasteiger partial charge is 0.399 e. The van der Waals surface area contributed by atoms with E-state index < -0.39 is 0 Å². The molecule has 3 nitrogen and oxygen atoms in total. The highest BCUT2D eigenvalue weighted by atomic mass is 127. The molecule has 0 aliphatic carbocycles. The van der Waals surface area contributed by atoms with Crippen molar-refractivity contribution >= 4 is 34.0 Å². The van der Waals surface area contributed by atoms with Gasteiger partial charge in [0.2, 0.25) is 0 Å². The molecule has 0 aliphatic heterocycles. The van der Waals surface area contributed by atoms with Gasteiger partial charge in [-0.25, -0.2) is 0 Å². The molecule has 0 aliphatic rings. The Labute approximate surface area is 111 Å². The predicted molar refractivity (Wildman–Crippen MR) is 77.7 cm³/mol. The lowest BCUT2D eigenvalue weighted by Crippen LogP contribution is -2.12. The summed E-state index contributed by atoms with van der Waals surface area (Å²) in [6.07, 6.45) is 0. The highest BCUT2D eigenvalue weighted by Gasteiger charge is 1.99. The van der Waals surface area contributed by atoms with E-state index in [-0.39, 0.29) is 0 Å². The fourth-order valence-corrected chi connectivity index (χ4v) is 1.98. The number of halogens is 1. The molecular weight excluding hydrogens is 315 g/mol. The van der Waals surface area contributed by atoms with Crippen LogP contribution in [0.3, 0.4) is 0 Å². The molecule has 1 rings (SSSR count). The van der Waals surface area contributed by atoms with E-state index in [0.29, 0.717) is 5.92 Å². The van der Waals surface area contributed by atoms with Gasteiger partial charge in [-0.2, -0.15) is 0 Å². The third-order valence-electron chi connectivity index (χ3n) is 2.01. The first-order valence-electron chi connectivity index (χ1n) is 5.46. The smallest absolute Gasteiger partial charge is 0.0639 e. The zero-order valence-electron chi connectivity index (χ0n) is 9.79. The summed E-state index contributed by atoms with van der Waals surface area (Å²) in [4.78, 5) is 0. The van der Waals surface area contributed by atoms with Gasteiger partial charge in [0.05, 0.1) is 6.61 Å². The summed E-state index contributed by atoms with van der Waals surface area (Å²) in [6, 6.07) is 5.86. The predicted octanol–water partition coefficient (Wildman–Crippen LogP) is 2.96. The lowest BCUT2D eigenvalue weighted by atomic mass is 10.2. The number of benzene rings is 1. The maximum Gasteiger partial charge on any atom is 0.0639 e. The molecule has 0 aromatic heterocycles. The average molecular weight is 334 g/mol. The molecule has 0 spiro atoms. The summed E-state index contributed by atoms with van der Waals surface area (Å²) in [5.74, 6) is 0.594. The van der Waals surface area contributed by atoms with Crippen LogP contribution in [0.25, 0.3) is 0 Å². The van der Waals surface area contributed by atoms with E-state index in [2.05, 4.69) is 41.8 Å². The molecule has 0 amide bonds. The Morgan fingerprint density at radius 1 is 1.44 bits per heavy atom. The molecule has 0 saturated carbocycles. The Hall–Kier alpha value is -0.490. The highest BCUT2D eigenvalue weighted by molar-refractivity contribution is 14.1. The number of ether oxygens (including phenoxy) is 1. The average Bonchev–Trinajstić information content (AvgIpc) is 2.20. The molecule has 3 N–H and O–H groups in total. The van der Waals surface area contributed by atoms with E-state index in [0.717, 1.165) is 34.7 Å². The maximum absolute atomic E-state index is 5.68. The molecule has 1 aromatic carbocycles. The third kappa shape index (κ3) is 5.03. The Morgan fingerprint density at radius 2 is 2.19 bits per heavy atom. The Balaban J connectivity index is 2.27. The van der Waals surface area contributed by atoms with Crippen molar-refractivity contribution in [3.05, 3.63) is 21.8 Å². The van der Waals surface area contributed by atoms with Crippen molar-refractivity contribution in [3.8, 4) is 0 Å². The van der Waals surface area contributed by atoms with Gasteiger partial charge in [-0.15, -0.1) is 0 Å². The van der Waals surface area contributed by atoms with E-state index >= 15 is 0 Å². The summed E-state index contributed by atoms with van der Waals surface area (Å²) in [5, 5.41) is 3.33. The lowest BCUT2D eigenvalue weighted by Gasteiger charge is -2.10. The number of hydrogen-bond donors (Lipinski definition) is 2. The topological polar surface area (TPSA) is 47.3 Å². The first kappa shape index (κ1) is 13.6. The summed E-state index contributed by atoms with van der Waals surface area (Å²) in [7, 11) is 0. The molecule has 1 aromatic rings. The first-order chi connectivity index (χ1) is 7.59. The second-order valence-electron chi connectivity index (χ2n) is 4.13. The molecule has 0 atom stereocenters. The molecule has 0 heterocycles. The molecule has 0 unspecified atom stereocenters. The number of anilines is 2. The Bertz CT molecular complexity index is 329. The standard InChI is InChI=1S/C12H19IN2O/c1-9(2)8-16-6-5-15-12-4-3-10(14)7-11(12)13/h3-4,7,9,15H,5-6,8,14H2,1-2H3. The van der Waals surface area contributed by atoms with E-state index in [1.165, 1.54) is 0 Å². The van der Waals surface area contributed by atoms with Crippen LogP contribution in [-0.2, 0) is 4.74 Å². The van der Waals surface area contributed by atoms with Crippen LogP contribution in [0.15, 0.2) is 18.2 Å². The first-order valence-corrected chi connectivity index (χ1v) is 6.54. The second kappa shape index (κ2) is 6.96. The highest BCUT2D eigenvalue weighted by Crippen LogP contribution is 2.20. The second-order valence-corrected chi connectivity index (χ2v) is 5.30. The Morgan fingerprint density at radius 3 is 2.81 bits per heavy atom. The van der Waals surface area contributed by atoms with Crippen molar-refractivity contribution in [2.45, 2.75) is 13.8 Å².